The summed E-state index contributed by atoms with van der Waals surface area (Å²) in [6, 6.07) is 8.38. The Morgan fingerprint density at radius 3 is 2.94 bits per heavy atom. The number of aryl methyl sites for hydroxylation is 1. The second-order valence-corrected chi connectivity index (χ2v) is 4.38. The van der Waals surface area contributed by atoms with Crippen molar-refractivity contribution in [3.63, 3.8) is 0 Å². The second-order valence-electron chi connectivity index (χ2n) is 4.38. The molecule has 1 heterocycles. The van der Waals surface area contributed by atoms with Crippen molar-refractivity contribution in [1.82, 2.24) is 15.1 Å². The van der Waals surface area contributed by atoms with E-state index < -0.39 is 0 Å². The third-order valence-corrected chi connectivity index (χ3v) is 2.95. The maximum atomic E-state index is 4.43. The van der Waals surface area contributed by atoms with Crippen LogP contribution in [-0.2, 0) is 6.54 Å². The van der Waals surface area contributed by atoms with Crippen LogP contribution >= 0.6 is 0 Å². The van der Waals surface area contributed by atoms with Gasteiger partial charge in [0.25, 0.3) is 0 Å². The number of hydrogen-bond acceptors (Lipinski definition) is 2. The fraction of sp³-hybridized carbons (Fsp3) is 0.500. The number of nitrogens with zero attached hydrogens (tertiary/aromatic N) is 2. The average Bonchev–Trinajstić information content (AvgIpc) is 2.77. The molecule has 0 unspecified atom stereocenters. The van der Waals surface area contributed by atoms with E-state index in [2.05, 4.69) is 46.3 Å². The predicted octanol–water partition coefficient (Wildman–Crippen LogP) is 2.82. The second kappa shape index (κ2) is 6.40. The van der Waals surface area contributed by atoms with Crippen LogP contribution in [0.5, 0.6) is 0 Å². The quantitative estimate of drug-likeness (QED) is 0.743. The molecule has 2 aromatic rings. The lowest BCUT2D eigenvalue weighted by molar-refractivity contribution is 0.545. The van der Waals surface area contributed by atoms with Gasteiger partial charge in [-0.15, -0.1) is 0 Å². The van der Waals surface area contributed by atoms with Crippen LogP contribution in [0.3, 0.4) is 0 Å². The number of aromatic nitrogens is 2. The van der Waals surface area contributed by atoms with Gasteiger partial charge < -0.3 is 5.32 Å². The molecule has 3 heteroatoms. The van der Waals surface area contributed by atoms with Crippen molar-refractivity contribution in [2.24, 2.45) is 0 Å². The van der Waals surface area contributed by atoms with Crippen LogP contribution < -0.4 is 5.32 Å². The highest BCUT2D eigenvalue weighted by Gasteiger charge is 2.00. The molecule has 0 aliphatic heterocycles. The molecule has 1 N–H and O–H groups in total. The largest absolute Gasteiger partial charge is 0.317 e. The minimum absolute atomic E-state index is 1.02. The number of hydrogen-bond donors (Lipinski definition) is 1. The maximum Gasteiger partial charge on any atom is 0.0682 e. The van der Waals surface area contributed by atoms with Gasteiger partial charge in [0.1, 0.15) is 0 Å². The Hall–Kier alpha value is -1.35. The van der Waals surface area contributed by atoms with E-state index in [0.29, 0.717) is 0 Å². The van der Waals surface area contributed by atoms with E-state index in [-0.39, 0.29) is 0 Å². The van der Waals surface area contributed by atoms with Crippen molar-refractivity contribution >= 4 is 10.9 Å². The first-order valence-electron chi connectivity index (χ1n) is 6.53. The van der Waals surface area contributed by atoms with Crippen LogP contribution in [0, 0.1) is 0 Å². The zero-order valence-electron chi connectivity index (χ0n) is 10.5. The summed E-state index contributed by atoms with van der Waals surface area (Å²) in [7, 11) is 0. The van der Waals surface area contributed by atoms with Gasteiger partial charge in [0, 0.05) is 11.9 Å². The van der Waals surface area contributed by atoms with Gasteiger partial charge in [-0.25, -0.2) is 0 Å². The Kier molecular flexibility index (Phi) is 4.56. The molecule has 0 atom stereocenters. The summed E-state index contributed by atoms with van der Waals surface area (Å²) in [5.41, 5.74) is 1.24. The van der Waals surface area contributed by atoms with Crippen LogP contribution in [0.25, 0.3) is 10.9 Å². The minimum atomic E-state index is 1.02. The lowest BCUT2D eigenvalue weighted by Gasteiger charge is -2.04. The molecule has 1 aromatic heterocycles. The SMILES string of the molecule is CCCNCCCCn1ncc2ccccc21. The third-order valence-electron chi connectivity index (χ3n) is 2.95. The zero-order valence-corrected chi connectivity index (χ0v) is 10.5. The number of benzene rings is 1. The van der Waals surface area contributed by atoms with Gasteiger partial charge in [0.05, 0.1) is 11.7 Å². The van der Waals surface area contributed by atoms with E-state index in [1.54, 1.807) is 0 Å². The predicted molar refractivity (Wildman–Crippen MR) is 72.1 cm³/mol. The van der Waals surface area contributed by atoms with Crippen LogP contribution in [0.4, 0.5) is 0 Å². The molecule has 92 valence electrons. The summed E-state index contributed by atoms with van der Waals surface area (Å²) in [5.74, 6) is 0. The number of unbranched alkanes of at least 4 members (excludes halogenated alkanes) is 1. The van der Waals surface area contributed by atoms with Crippen LogP contribution in [0.2, 0.25) is 0 Å². The molecule has 0 radical (unpaired) electrons. The highest BCUT2D eigenvalue weighted by atomic mass is 15.3. The fourth-order valence-corrected chi connectivity index (χ4v) is 2.02. The highest BCUT2D eigenvalue weighted by Crippen LogP contribution is 2.12. The molecule has 0 bridgehead atoms. The van der Waals surface area contributed by atoms with Crippen LogP contribution in [0.15, 0.2) is 30.5 Å². The summed E-state index contributed by atoms with van der Waals surface area (Å²) < 4.78 is 2.11. The highest BCUT2D eigenvalue weighted by molar-refractivity contribution is 5.78. The van der Waals surface area contributed by atoms with Crippen molar-refractivity contribution in [3.8, 4) is 0 Å². The lowest BCUT2D eigenvalue weighted by Crippen LogP contribution is -2.16. The molecular weight excluding hydrogens is 210 g/mol. The number of fused-ring (bicyclic) bond motifs is 1. The topological polar surface area (TPSA) is 29.9 Å². The summed E-state index contributed by atoms with van der Waals surface area (Å²) in [6.45, 7) is 5.46. The van der Waals surface area contributed by atoms with Gasteiger partial charge in [-0.3, -0.25) is 4.68 Å². The summed E-state index contributed by atoms with van der Waals surface area (Å²) in [5, 5.41) is 9.08. The van der Waals surface area contributed by atoms with Gasteiger partial charge in [0.2, 0.25) is 0 Å². The van der Waals surface area contributed by atoms with E-state index in [4.69, 9.17) is 0 Å². The maximum absolute atomic E-state index is 4.43. The monoisotopic (exact) mass is 231 g/mol. The van der Waals surface area contributed by atoms with Crippen molar-refractivity contribution in [3.05, 3.63) is 30.5 Å². The van der Waals surface area contributed by atoms with Gasteiger partial charge in [-0.2, -0.15) is 5.10 Å². The van der Waals surface area contributed by atoms with Gasteiger partial charge in [-0.05, 0) is 38.4 Å². The van der Waals surface area contributed by atoms with Crippen molar-refractivity contribution < 1.29 is 0 Å². The molecule has 1 aromatic carbocycles. The molecule has 3 nitrogen and oxygen atoms in total. The van der Waals surface area contributed by atoms with Crippen molar-refractivity contribution in [2.75, 3.05) is 13.1 Å². The van der Waals surface area contributed by atoms with Gasteiger partial charge >= 0.3 is 0 Å². The van der Waals surface area contributed by atoms with E-state index >= 15 is 0 Å². The number of rotatable bonds is 7. The van der Waals surface area contributed by atoms with E-state index in [1.165, 1.54) is 30.2 Å². The Labute approximate surface area is 103 Å². The molecule has 0 spiro atoms. The van der Waals surface area contributed by atoms with Crippen LogP contribution in [-0.4, -0.2) is 22.9 Å². The van der Waals surface area contributed by atoms with Crippen molar-refractivity contribution in [1.29, 1.82) is 0 Å². The normalized spacial score (nSPS) is 11.1. The van der Waals surface area contributed by atoms with Gasteiger partial charge in [0.15, 0.2) is 0 Å². The standard InChI is InChI=1S/C14H21N3/c1-2-9-15-10-5-6-11-17-14-8-4-3-7-13(14)12-16-17/h3-4,7-8,12,15H,2,5-6,9-11H2,1H3. The molecule has 0 aliphatic rings. The first-order chi connectivity index (χ1) is 8.42. The molecule has 2 rings (SSSR count). The third kappa shape index (κ3) is 3.30. The first-order valence-corrected chi connectivity index (χ1v) is 6.53. The summed E-state index contributed by atoms with van der Waals surface area (Å²) in [6.07, 6.45) is 5.56. The Balaban J connectivity index is 1.79. The molecule has 0 saturated heterocycles. The number of para-hydroxylation sites is 1. The van der Waals surface area contributed by atoms with Crippen molar-refractivity contribution in [2.45, 2.75) is 32.7 Å². The van der Waals surface area contributed by atoms with Gasteiger partial charge in [-0.1, -0.05) is 25.1 Å². The molecule has 17 heavy (non-hydrogen) atoms. The molecule has 0 amide bonds. The lowest BCUT2D eigenvalue weighted by atomic mass is 10.2. The van der Waals surface area contributed by atoms with E-state index in [1.807, 2.05) is 6.20 Å². The molecule has 0 saturated carbocycles. The first kappa shape index (κ1) is 12.1. The minimum Gasteiger partial charge on any atom is -0.317 e. The fourth-order valence-electron chi connectivity index (χ4n) is 2.02. The molecule has 0 fully saturated rings. The average molecular weight is 231 g/mol. The van der Waals surface area contributed by atoms with Crippen LogP contribution in [0.1, 0.15) is 26.2 Å². The van der Waals surface area contributed by atoms with E-state index in [9.17, 15) is 0 Å². The Morgan fingerprint density at radius 1 is 1.18 bits per heavy atom. The molecular formula is C14H21N3. The number of nitrogens with one attached hydrogen (secondary N) is 1. The zero-order chi connectivity index (χ0) is 11.9. The summed E-state index contributed by atoms with van der Waals surface area (Å²) in [4.78, 5) is 0. The smallest absolute Gasteiger partial charge is 0.0682 e. The Bertz CT molecular complexity index is 447. The Morgan fingerprint density at radius 2 is 2.06 bits per heavy atom. The summed E-state index contributed by atoms with van der Waals surface area (Å²) >= 11 is 0. The van der Waals surface area contributed by atoms with E-state index in [0.717, 1.165) is 19.6 Å². The molecule has 0 aliphatic carbocycles.